The van der Waals surface area contributed by atoms with E-state index in [2.05, 4.69) is 29.8 Å². The van der Waals surface area contributed by atoms with Crippen LogP contribution in [0.5, 0.6) is 11.5 Å². The summed E-state index contributed by atoms with van der Waals surface area (Å²) in [5.74, 6) is 1.75. The average Bonchev–Trinajstić information content (AvgIpc) is 3.44. The highest BCUT2D eigenvalue weighted by atomic mass is 32.1. The number of nitrogens with zero attached hydrogens (tertiary/aromatic N) is 2. The molecule has 29 heavy (non-hydrogen) atoms. The van der Waals surface area contributed by atoms with Gasteiger partial charge >= 0.3 is 0 Å². The molecule has 148 valence electrons. The molecule has 2 aromatic heterocycles. The van der Waals surface area contributed by atoms with Gasteiger partial charge in [0.1, 0.15) is 11.5 Å². The smallest absolute Gasteiger partial charge is 0.152 e. The standard InChI is InChI=1S/C23H22N2O2S2/c1-3-4-13-27-19-11-7-17(8-12-19)21-15-29-23(25-21)22-24-20(14-28-22)16-5-9-18(26-2)10-6-16/h5-12,14-15H,3-4,13H2,1-2H3. The van der Waals surface area contributed by atoms with E-state index in [0.29, 0.717) is 0 Å². The van der Waals surface area contributed by atoms with Gasteiger partial charge in [0.25, 0.3) is 0 Å². The largest absolute Gasteiger partial charge is 0.497 e. The molecule has 4 nitrogen and oxygen atoms in total. The first-order valence-corrected chi connectivity index (χ1v) is 11.3. The van der Waals surface area contributed by atoms with Crippen LogP contribution in [0.3, 0.4) is 0 Å². The molecule has 0 fully saturated rings. The summed E-state index contributed by atoms with van der Waals surface area (Å²) in [6.45, 7) is 2.92. The number of thiazole rings is 2. The Hall–Kier alpha value is -2.70. The van der Waals surface area contributed by atoms with Crippen LogP contribution in [-0.2, 0) is 0 Å². The number of methoxy groups -OCH3 is 1. The van der Waals surface area contributed by atoms with Gasteiger partial charge in [-0.05, 0) is 55.0 Å². The van der Waals surface area contributed by atoms with Crippen LogP contribution in [0, 0.1) is 0 Å². The maximum Gasteiger partial charge on any atom is 0.152 e. The lowest BCUT2D eigenvalue weighted by molar-refractivity contribution is 0.309. The third-order valence-electron chi connectivity index (χ3n) is 4.49. The Bertz CT molecular complexity index is 1050. The van der Waals surface area contributed by atoms with E-state index in [9.17, 15) is 0 Å². The summed E-state index contributed by atoms with van der Waals surface area (Å²) in [4.78, 5) is 9.57. The lowest BCUT2D eigenvalue weighted by Gasteiger charge is -2.05. The van der Waals surface area contributed by atoms with E-state index >= 15 is 0 Å². The van der Waals surface area contributed by atoms with E-state index in [0.717, 1.165) is 63.5 Å². The molecule has 0 atom stereocenters. The quantitative estimate of drug-likeness (QED) is 0.293. The maximum atomic E-state index is 5.74. The van der Waals surface area contributed by atoms with E-state index < -0.39 is 0 Å². The van der Waals surface area contributed by atoms with Crippen molar-refractivity contribution in [3.05, 3.63) is 59.3 Å². The Morgan fingerprint density at radius 1 is 0.759 bits per heavy atom. The van der Waals surface area contributed by atoms with E-state index in [-0.39, 0.29) is 0 Å². The Morgan fingerprint density at radius 2 is 1.28 bits per heavy atom. The Labute approximate surface area is 178 Å². The average molecular weight is 423 g/mol. The van der Waals surface area contributed by atoms with Crippen LogP contribution >= 0.6 is 22.7 Å². The van der Waals surface area contributed by atoms with Gasteiger partial charge < -0.3 is 9.47 Å². The van der Waals surface area contributed by atoms with Crippen LogP contribution in [0.1, 0.15) is 19.8 Å². The van der Waals surface area contributed by atoms with Gasteiger partial charge in [0.2, 0.25) is 0 Å². The van der Waals surface area contributed by atoms with E-state index in [4.69, 9.17) is 19.4 Å². The SMILES string of the molecule is CCCCOc1ccc(-c2csc(-c3nc(-c4ccc(OC)cc4)cs3)n2)cc1. The van der Waals surface area contributed by atoms with Crippen LogP contribution in [0.15, 0.2) is 59.3 Å². The van der Waals surface area contributed by atoms with Crippen LogP contribution in [0.2, 0.25) is 0 Å². The summed E-state index contributed by atoms with van der Waals surface area (Å²) < 4.78 is 11.0. The molecule has 0 radical (unpaired) electrons. The van der Waals surface area contributed by atoms with Crippen molar-refractivity contribution in [2.24, 2.45) is 0 Å². The van der Waals surface area contributed by atoms with Crippen molar-refractivity contribution in [2.75, 3.05) is 13.7 Å². The van der Waals surface area contributed by atoms with E-state index in [1.807, 2.05) is 36.4 Å². The van der Waals surface area contributed by atoms with Gasteiger partial charge in [-0.1, -0.05) is 13.3 Å². The van der Waals surface area contributed by atoms with Gasteiger partial charge in [-0.15, -0.1) is 22.7 Å². The topological polar surface area (TPSA) is 44.2 Å². The number of hydrogen-bond donors (Lipinski definition) is 0. The minimum atomic E-state index is 0.761. The van der Waals surface area contributed by atoms with Gasteiger partial charge in [-0.25, -0.2) is 9.97 Å². The normalized spacial score (nSPS) is 10.8. The zero-order valence-electron chi connectivity index (χ0n) is 16.4. The van der Waals surface area contributed by atoms with Crippen LogP contribution in [0.4, 0.5) is 0 Å². The number of rotatable bonds is 8. The molecule has 0 saturated carbocycles. The molecule has 0 aliphatic rings. The lowest BCUT2D eigenvalue weighted by Crippen LogP contribution is -1.95. The van der Waals surface area contributed by atoms with Crippen molar-refractivity contribution in [1.82, 2.24) is 9.97 Å². The van der Waals surface area contributed by atoms with Crippen LogP contribution < -0.4 is 9.47 Å². The van der Waals surface area contributed by atoms with Gasteiger partial charge in [-0.3, -0.25) is 0 Å². The first kappa shape index (κ1) is 19.6. The van der Waals surface area contributed by atoms with Crippen molar-refractivity contribution in [2.45, 2.75) is 19.8 Å². The summed E-state index contributed by atoms with van der Waals surface area (Å²) >= 11 is 3.23. The molecular weight excluding hydrogens is 400 g/mol. The van der Waals surface area contributed by atoms with Crippen molar-refractivity contribution < 1.29 is 9.47 Å². The fourth-order valence-corrected chi connectivity index (χ4v) is 4.53. The van der Waals surface area contributed by atoms with E-state index in [1.54, 1.807) is 29.8 Å². The second-order valence-electron chi connectivity index (χ2n) is 6.53. The monoisotopic (exact) mass is 422 g/mol. The lowest BCUT2D eigenvalue weighted by atomic mass is 10.2. The molecule has 0 amide bonds. The van der Waals surface area contributed by atoms with E-state index in [1.165, 1.54) is 0 Å². The molecule has 0 saturated heterocycles. The third-order valence-corrected chi connectivity index (χ3v) is 6.32. The summed E-state index contributed by atoms with van der Waals surface area (Å²) in [5, 5.41) is 6.02. The summed E-state index contributed by atoms with van der Waals surface area (Å²) in [5.41, 5.74) is 4.08. The molecule has 4 aromatic rings. The number of hydrogen-bond acceptors (Lipinski definition) is 6. The Kier molecular flexibility index (Phi) is 6.22. The molecule has 0 aliphatic carbocycles. The zero-order chi connectivity index (χ0) is 20.1. The number of unbranched alkanes of at least 4 members (excludes halogenated alkanes) is 1. The molecule has 0 aliphatic heterocycles. The van der Waals surface area contributed by atoms with Gasteiger partial charge in [0.05, 0.1) is 25.1 Å². The van der Waals surface area contributed by atoms with Crippen LogP contribution in [0.25, 0.3) is 32.5 Å². The molecule has 6 heteroatoms. The molecule has 0 unspecified atom stereocenters. The van der Waals surface area contributed by atoms with Crippen LogP contribution in [-0.4, -0.2) is 23.7 Å². The van der Waals surface area contributed by atoms with Gasteiger partial charge in [-0.2, -0.15) is 0 Å². The Morgan fingerprint density at radius 3 is 1.76 bits per heavy atom. The molecule has 4 rings (SSSR count). The number of ether oxygens (including phenoxy) is 2. The van der Waals surface area contributed by atoms with Gasteiger partial charge in [0, 0.05) is 21.9 Å². The second-order valence-corrected chi connectivity index (χ2v) is 8.25. The first-order valence-electron chi connectivity index (χ1n) is 9.56. The highest BCUT2D eigenvalue weighted by Crippen LogP contribution is 2.34. The predicted molar refractivity (Wildman–Crippen MR) is 121 cm³/mol. The summed E-state index contributed by atoms with van der Waals surface area (Å²) in [6.07, 6.45) is 2.21. The van der Waals surface area contributed by atoms with Gasteiger partial charge in [0.15, 0.2) is 10.0 Å². The third kappa shape index (κ3) is 4.66. The van der Waals surface area contributed by atoms with Crippen molar-refractivity contribution in [3.63, 3.8) is 0 Å². The molecule has 0 spiro atoms. The Balaban J connectivity index is 1.48. The van der Waals surface area contributed by atoms with Crippen molar-refractivity contribution >= 4 is 22.7 Å². The number of aromatic nitrogens is 2. The summed E-state index contributed by atoms with van der Waals surface area (Å²) in [7, 11) is 1.67. The summed E-state index contributed by atoms with van der Waals surface area (Å²) in [6, 6.07) is 16.1. The first-order chi connectivity index (χ1) is 14.3. The molecule has 0 N–H and O–H groups in total. The highest BCUT2D eigenvalue weighted by Gasteiger charge is 2.12. The fraction of sp³-hybridized carbons (Fsp3) is 0.217. The zero-order valence-corrected chi connectivity index (χ0v) is 18.1. The molecule has 0 bridgehead atoms. The minimum Gasteiger partial charge on any atom is -0.497 e. The minimum absolute atomic E-state index is 0.761. The highest BCUT2D eigenvalue weighted by molar-refractivity contribution is 7.20. The second kappa shape index (κ2) is 9.20. The molecule has 2 heterocycles. The predicted octanol–water partition coefficient (Wildman–Crippen LogP) is 6.79. The number of benzene rings is 2. The van der Waals surface area contributed by atoms with Crippen molar-refractivity contribution in [1.29, 1.82) is 0 Å². The fourth-order valence-electron chi connectivity index (χ4n) is 2.83. The maximum absolute atomic E-state index is 5.74. The molecular formula is C23H22N2O2S2. The van der Waals surface area contributed by atoms with Crippen molar-refractivity contribution in [3.8, 4) is 44.0 Å². The molecule has 2 aromatic carbocycles.